The summed E-state index contributed by atoms with van der Waals surface area (Å²) in [7, 11) is 0. The number of non-ortho nitro benzene ring substituents is 1. The summed E-state index contributed by atoms with van der Waals surface area (Å²) in [4.78, 5) is 15.7. The van der Waals surface area contributed by atoms with Crippen molar-refractivity contribution in [3.8, 4) is 5.19 Å². The zero-order valence-corrected chi connectivity index (χ0v) is 29.1. The van der Waals surface area contributed by atoms with Gasteiger partial charge in [-0.05, 0) is 28.3 Å². The summed E-state index contributed by atoms with van der Waals surface area (Å²) in [5.74, 6) is 0. The van der Waals surface area contributed by atoms with Gasteiger partial charge in [0.25, 0.3) is 10.9 Å². The molecule has 0 amide bonds. The highest BCUT2D eigenvalue weighted by atomic mass is 32.1. The first kappa shape index (κ1) is 35.4. The van der Waals surface area contributed by atoms with Crippen molar-refractivity contribution in [3.05, 3.63) is 172 Å². The quantitative estimate of drug-likeness (QED) is 0.0721. The smallest absolute Gasteiger partial charge is 0.276 e. The molecule has 0 aliphatic carbocycles. The predicted octanol–water partition coefficient (Wildman–Crippen LogP) is 8.28. The van der Waals surface area contributed by atoms with Crippen LogP contribution in [0.4, 0.5) is 5.69 Å². The Morgan fingerprint density at radius 2 is 1.13 bits per heavy atom. The molecule has 6 aromatic rings. The number of ether oxygens (including phenoxy) is 6. The van der Waals surface area contributed by atoms with Crippen LogP contribution in [0.2, 0.25) is 0 Å². The molecular formula is C41H38N2O8S. The molecule has 2 heterocycles. The molecule has 1 aliphatic heterocycles. The van der Waals surface area contributed by atoms with Crippen LogP contribution in [0.3, 0.4) is 0 Å². The molecule has 0 bridgehead atoms. The number of hydrogen-bond donors (Lipinski definition) is 0. The van der Waals surface area contributed by atoms with E-state index in [0.29, 0.717) is 23.4 Å². The summed E-state index contributed by atoms with van der Waals surface area (Å²) >= 11 is 1.20. The molecule has 0 spiro atoms. The maximum atomic E-state index is 11.5. The molecule has 5 atom stereocenters. The lowest BCUT2D eigenvalue weighted by Gasteiger charge is -2.45. The fourth-order valence-corrected chi connectivity index (χ4v) is 6.87. The molecule has 11 heteroatoms. The van der Waals surface area contributed by atoms with E-state index in [9.17, 15) is 10.1 Å². The summed E-state index contributed by atoms with van der Waals surface area (Å²) in [6.07, 6.45) is -3.71. The first-order valence-electron chi connectivity index (χ1n) is 17.0. The van der Waals surface area contributed by atoms with Gasteiger partial charge in [-0.3, -0.25) is 10.1 Å². The third-order valence-corrected chi connectivity index (χ3v) is 9.53. The summed E-state index contributed by atoms with van der Waals surface area (Å²) in [6.45, 7) is 1.40. The Kier molecular flexibility index (Phi) is 11.9. The van der Waals surface area contributed by atoms with Crippen molar-refractivity contribution in [1.29, 1.82) is 0 Å². The van der Waals surface area contributed by atoms with E-state index in [-0.39, 0.29) is 30.7 Å². The van der Waals surface area contributed by atoms with Crippen molar-refractivity contribution in [2.24, 2.45) is 0 Å². The van der Waals surface area contributed by atoms with Gasteiger partial charge in [0.2, 0.25) is 6.29 Å². The van der Waals surface area contributed by atoms with Gasteiger partial charge >= 0.3 is 0 Å². The number of fused-ring (bicyclic) bond motifs is 1. The number of benzene rings is 5. The Labute approximate surface area is 305 Å². The first-order chi connectivity index (χ1) is 25.6. The van der Waals surface area contributed by atoms with E-state index in [1.165, 1.54) is 23.5 Å². The van der Waals surface area contributed by atoms with Crippen molar-refractivity contribution in [2.45, 2.75) is 57.1 Å². The average molecular weight is 719 g/mol. The molecular weight excluding hydrogens is 681 g/mol. The van der Waals surface area contributed by atoms with Gasteiger partial charge in [-0.2, -0.15) is 0 Å². The maximum absolute atomic E-state index is 11.5. The van der Waals surface area contributed by atoms with Crippen molar-refractivity contribution < 1.29 is 33.3 Å². The fraction of sp³-hybridized carbons (Fsp3) is 0.244. The SMILES string of the molecule is O=[N+]([O-])c1ccc2nc(O[C@@H]3O[C@H](COCc4ccccc4)[C@@H](OCc4ccccc4)[C@H](OCc4ccccc4)[C@@H]3OCc3ccccc3)sc2c1. The van der Waals surface area contributed by atoms with Gasteiger partial charge in [0.05, 0.1) is 48.2 Å². The van der Waals surface area contributed by atoms with Gasteiger partial charge < -0.3 is 28.4 Å². The second kappa shape index (κ2) is 17.5. The second-order valence-electron chi connectivity index (χ2n) is 12.3. The number of nitrogens with zero attached hydrogens (tertiary/aromatic N) is 2. The van der Waals surface area contributed by atoms with E-state index < -0.39 is 35.6 Å². The lowest BCUT2D eigenvalue weighted by atomic mass is 9.97. The third-order valence-electron chi connectivity index (χ3n) is 8.62. The first-order valence-corrected chi connectivity index (χ1v) is 17.9. The monoisotopic (exact) mass is 718 g/mol. The van der Waals surface area contributed by atoms with Crippen molar-refractivity contribution in [1.82, 2.24) is 4.98 Å². The number of rotatable bonds is 16. The molecule has 0 unspecified atom stereocenters. The van der Waals surface area contributed by atoms with E-state index in [0.717, 1.165) is 22.3 Å². The molecule has 0 radical (unpaired) electrons. The summed E-state index contributed by atoms with van der Waals surface area (Å²) < 4.78 is 40.3. The topological polar surface area (TPSA) is 111 Å². The minimum absolute atomic E-state index is 0.0240. The van der Waals surface area contributed by atoms with Crippen LogP contribution in [0.5, 0.6) is 5.19 Å². The van der Waals surface area contributed by atoms with Crippen LogP contribution in [0, 0.1) is 10.1 Å². The van der Waals surface area contributed by atoms with Crippen LogP contribution in [0.15, 0.2) is 140 Å². The fourth-order valence-electron chi connectivity index (χ4n) is 6.00. The molecule has 1 saturated heterocycles. The van der Waals surface area contributed by atoms with Gasteiger partial charge in [0.15, 0.2) is 0 Å². The lowest BCUT2D eigenvalue weighted by molar-refractivity contribution is -0.384. The van der Waals surface area contributed by atoms with E-state index in [1.54, 1.807) is 6.07 Å². The highest BCUT2D eigenvalue weighted by Gasteiger charge is 2.50. The van der Waals surface area contributed by atoms with Crippen molar-refractivity contribution in [2.75, 3.05) is 6.61 Å². The van der Waals surface area contributed by atoms with Crippen LogP contribution < -0.4 is 4.74 Å². The molecule has 0 saturated carbocycles. The van der Waals surface area contributed by atoms with Crippen LogP contribution in [-0.4, -0.2) is 47.2 Å². The lowest BCUT2D eigenvalue weighted by Crippen LogP contribution is -2.62. The molecule has 52 heavy (non-hydrogen) atoms. The zero-order chi connectivity index (χ0) is 35.5. The predicted molar refractivity (Wildman–Crippen MR) is 197 cm³/mol. The number of thiazole rings is 1. The van der Waals surface area contributed by atoms with Gasteiger partial charge in [-0.15, -0.1) is 0 Å². The largest absolute Gasteiger partial charge is 0.437 e. The maximum Gasteiger partial charge on any atom is 0.276 e. The van der Waals surface area contributed by atoms with Gasteiger partial charge in [-0.1, -0.05) is 133 Å². The molecule has 5 aromatic carbocycles. The Balaban J connectivity index is 1.23. The van der Waals surface area contributed by atoms with Gasteiger partial charge in [0, 0.05) is 12.1 Å². The van der Waals surface area contributed by atoms with Crippen LogP contribution >= 0.6 is 11.3 Å². The minimum Gasteiger partial charge on any atom is -0.437 e. The molecule has 1 aliphatic rings. The summed E-state index contributed by atoms with van der Waals surface area (Å²) in [6, 6.07) is 44.2. The molecule has 10 nitrogen and oxygen atoms in total. The Bertz CT molecular complexity index is 2000. The Morgan fingerprint density at radius 1 is 0.635 bits per heavy atom. The number of hydrogen-bond acceptors (Lipinski definition) is 10. The summed E-state index contributed by atoms with van der Waals surface area (Å²) in [5.41, 5.74) is 4.52. The van der Waals surface area contributed by atoms with E-state index in [4.69, 9.17) is 28.4 Å². The number of nitro groups is 1. The highest BCUT2D eigenvalue weighted by molar-refractivity contribution is 7.20. The molecule has 7 rings (SSSR count). The third kappa shape index (κ3) is 9.25. The second-order valence-corrected chi connectivity index (χ2v) is 13.3. The van der Waals surface area contributed by atoms with Crippen LogP contribution in [0.25, 0.3) is 10.2 Å². The standard InChI is InChI=1S/C41H38N2O8S/c44-43(45)33-21-22-34-36(23-33)52-41(42-34)51-40-39(49-27-32-19-11-4-12-20-32)38(48-26-31-17-9-3-10-18-31)37(47-25-30-15-7-2-8-16-30)35(50-40)28-46-24-29-13-5-1-6-14-29/h1-23,35,37-40H,24-28H2/t35-,37-,38+,39+,40+/m1/s1. The van der Waals surface area contributed by atoms with Crippen molar-refractivity contribution in [3.63, 3.8) is 0 Å². The van der Waals surface area contributed by atoms with Gasteiger partial charge in [-0.25, -0.2) is 4.98 Å². The molecule has 1 fully saturated rings. The highest BCUT2D eigenvalue weighted by Crippen LogP contribution is 2.36. The minimum atomic E-state index is -0.998. The van der Waals surface area contributed by atoms with Gasteiger partial charge in [0.1, 0.15) is 24.4 Å². The molecule has 266 valence electrons. The normalized spacial score (nSPS) is 20.1. The van der Waals surface area contributed by atoms with Crippen LogP contribution in [-0.2, 0) is 50.1 Å². The molecule has 1 aromatic heterocycles. The zero-order valence-electron chi connectivity index (χ0n) is 28.3. The van der Waals surface area contributed by atoms with E-state index in [1.807, 2.05) is 121 Å². The summed E-state index contributed by atoms with van der Waals surface area (Å²) in [5, 5.41) is 11.8. The average Bonchev–Trinajstić information content (AvgIpc) is 3.59. The molecule has 0 N–H and O–H groups in total. The van der Waals surface area contributed by atoms with E-state index in [2.05, 4.69) is 4.98 Å². The number of aromatic nitrogens is 1. The Morgan fingerprint density at radius 3 is 1.67 bits per heavy atom. The van der Waals surface area contributed by atoms with Crippen LogP contribution in [0.1, 0.15) is 22.3 Å². The van der Waals surface area contributed by atoms with Crippen molar-refractivity contribution >= 4 is 27.2 Å². The van der Waals surface area contributed by atoms with E-state index >= 15 is 0 Å². The number of nitro benzene ring substituents is 1. The Hall–Kier alpha value is -5.01.